The third kappa shape index (κ3) is 5.82. The molecule has 0 saturated heterocycles. The number of halogens is 5. The number of esters is 1. The number of amides is 1. The average Bonchev–Trinajstić information content (AvgIpc) is 2.85. The van der Waals surface area contributed by atoms with Crippen LogP contribution in [0, 0.1) is 0 Å². The Balaban J connectivity index is 2.46. The van der Waals surface area contributed by atoms with Crippen LogP contribution in [-0.4, -0.2) is 42.8 Å². The molecule has 1 aromatic heterocycles. The molecule has 2 N–H and O–H groups in total. The maximum atomic E-state index is 13.4. The molecule has 0 spiro atoms. The standard InChI is InChI=1S/C17H19BBrClF3N2O4/c1-17(2,3)29-16(27)24-12(15(26)28-4)7-10-9-5-8(19)6-11(18(21,22)23)13(9)25-14(10)20/h5-6,12,25H,7H2,1-4H3,(H,24,27)/q-1/t12-/m0/s1. The molecule has 0 fully saturated rings. The molecule has 1 heterocycles. The Hall–Kier alpha value is -1.88. The first-order valence-corrected chi connectivity index (χ1v) is 9.66. The largest absolute Gasteiger partial charge is 0.511 e. The molecule has 1 amide bonds. The lowest BCUT2D eigenvalue weighted by molar-refractivity contribution is -0.143. The number of alkyl carbamates (subject to hydrolysis) is 1. The summed E-state index contributed by atoms with van der Waals surface area (Å²) in [5.41, 5.74) is -1.62. The van der Waals surface area contributed by atoms with Crippen molar-refractivity contribution in [1.82, 2.24) is 10.3 Å². The third-order valence-electron chi connectivity index (χ3n) is 3.90. The zero-order valence-electron chi connectivity index (χ0n) is 16.0. The lowest BCUT2D eigenvalue weighted by Crippen LogP contribution is -2.45. The quantitative estimate of drug-likeness (QED) is 0.477. The topological polar surface area (TPSA) is 80.4 Å². The van der Waals surface area contributed by atoms with Crippen LogP contribution in [0.2, 0.25) is 5.15 Å². The summed E-state index contributed by atoms with van der Waals surface area (Å²) >= 11 is 9.22. The number of methoxy groups -OCH3 is 1. The van der Waals surface area contributed by atoms with Crippen LogP contribution < -0.4 is 10.8 Å². The molecular weight excluding hydrogens is 479 g/mol. The average molecular weight is 499 g/mol. The molecule has 0 radical (unpaired) electrons. The maximum absolute atomic E-state index is 13.4. The predicted molar refractivity (Wildman–Crippen MR) is 109 cm³/mol. The zero-order valence-corrected chi connectivity index (χ0v) is 18.4. The SMILES string of the molecule is COC(=O)[C@H](Cc1c(Cl)[nH]c2c([B-](F)(F)F)cc(Br)cc12)NC(=O)OC(C)(C)C. The van der Waals surface area contributed by atoms with Crippen molar-refractivity contribution in [3.8, 4) is 0 Å². The number of carbonyl (C=O) groups is 2. The molecule has 0 saturated carbocycles. The first kappa shape index (κ1) is 23.4. The van der Waals surface area contributed by atoms with Crippen molar-refractivity contribution in [2.75, 3.05) is 7.11 Å². The number of fused-ring (bicyclic) bond motifs is 1. The highest BCUT2D eigenvalue weighted by atomic mass is 79.9. The van der Waals surface area contributed by atoms with Gasteiger partial charge in [0.2, 0.25) is 0 Å². The van der Waals surface area contributed by atoms with Crippen LogP contribution in [0.25, 0.3) is 10.9 Å². The van der Waals surface area contributed by atoms with Gasteiger partial charge in [0, 0.05) is 21.8 Å². The van der Waals surface area contributed by atoms with Crippen LogP contribution >= 0.6 is 27.5 Å². The number of nitrogens with one attached hydrogen (secondary N) is 2. The summed E-state index contributed by atoms with van der Waals surface area (Å²) in [7, 11) is 1.13. The van der Waals surface area contributed by atoms with Gasteiger partial charge in [-0.15, -0.1) is 0 Å². The minimum absolute atomic E-state index is 0.0701. The summed E-state index contributed by atoms with van der Waals surface area (Å²) in [5, 5.41) is 2.48. The highest BCUT2D eigenvalue weighted by Crippen LogP contribution is 2.31. The fourth-order valence-corrected chi connectivity index (χ4v) is 3.51. The molecule has 0 aliphatic carbocycles. The normalized spacial score (nSPS) is 13.3. The van der Waals surface area contributed by atoms with Crippen LogP contribution in [0.5, 0.6) is 0 Å². The summed E-state index contributed by atoms with van der Waals surface area (Å²) < 4.78 is 50.4. The first-order chi connectivity index (χ1) is 13.2. The minimum Gasteiger partial charge on any atom is -0.467 e. The molecule has 160 valence electrons. The highest BCUT2D eigenvalue weighted by Gasteiger charge is 2.32. The number of ether oxygens (including phenoxy) is 2. The number of aromatic nitrogens is 1. The number of rotatable bonds is 5. The van der Waals surface area contributed by atoms with E-state index in [4.69, 9.17) is 21.1 Å². The van der Waals surface area contributed by atoms with Gasteiger partial charge < -0.3 is 32.7 Å². The summed E-state index contributed by atoms with van der Waals surface area (Å²) in [5.74, 6) is -0.795. The second-order valence-corrected chi connectivity index (χ2v) is 8.63. The van der Waals surface area contributed by atoms with Crippen molar-refractivity contribution in [3.63, 3.8) is 0 Å². The van der Waals surface area contributed by atoms with Crippen molar-refractivity contribution in [3.05, 3.63) is 27.3 Å². The van der Waals surface area contributed by atoms with Crippen molar-refractivity contribution < 1.29 is 32.0 Å². The van der Waals surface area contributed by atoms with Gasteiger partial charge in [-0.1, -0.05) is 39.1 Å². The van der Waals surface area contributed by atoms with Crippen LogP contribution in [0.3, 0.4) is 0 Å². The van der Waals surface area contributed by atoms with Gasteiger partial charge >= 0.3 is 19.0 Å². The molecule has 0 unspecified atom stereocenters. The molecule has 2 aromatic rings. The minimum atomic E-state index is -5.31. The number of hydrogen-bond donors (Lipinski definition) is 2. The van der Waals surface area contributed by atoms with E-state index < -0.39 is 36.1 Å². The maximum Gasteiger partial charge on any atom is 0.511 e. The van der Waals surface area contributed by atoms with E-state index in [1.54, 1.807) is 20.8 Å². The Labute approximate surface area is 178 Å². The third-order valence-corrected chi connectivity index (χ3v) is 4.68. The van der Waals surface area contributed by atoms with E-state index >= 15 is 0 Å². The van der Waals surface area contributed by atoms with Crippen LogP contribution in [-0.2, 0) is 20.7 Å². The van der Waals surface area contributed by atoms with Gasteiger partial charge in [-0.3, -0.25) is 0 Å². The van der Waals surface area contributed by atoms with Crippen molar-refractivity contribution in [2.24, 2.45) is 0 Å². The van der Waals surface area contributed by atoms with Gasteiger partial charge in [-0.05, 0) is 32.4 Å². The van der Waals surface area contributed by atoms with Crippen LogP contribution in [0.15, 0.2) is 16.6 Å². The number of hydrogen-bond acceptors (Lipinski definition) is 4. The molecular formula is C17H19BBrClF3N2O4-. The van der Waals surface area contributed by atoms with Gasteiger partial charge in [0.15, 0.2) is 0 Å². The Kier molecular flexibility index (Phi) is 6.84. The molecule has 1 aromatic carbocycles. The zero-order chi connectivity index (χ0) is 22.1. The van der Waals surface area contributed by atoms with Gasteiger partial charge in [-0.2, -0.15) is 0 Å². The Morgan fingerprint density at radius 1 is 1.31 bits per heavy atom. The highest BCUT2D eigenvalue weighted by molar-refractivity contribution is 9.10. The lowest BCUT2D eigenvalue weighted by Gasteiger charge is -2.22. The van der Waals surface area contributed by atoms with E-state index in [1.165, 1.54) is 6.07 Å². The Morgan fingerprint density at radius 3 is 2.45 bits per heavy atom. The Bertz CT molecular complexity index is 943. The smallest absolute Gasteiger partial charge is 0.467 e. The number of carbonyl (C=O) groups excluding carboxylic acids is 2. The van der Waals surface area contributed by atoms with Crippen LogP contribution in [0.1, 0.15) is 26.3 Å². The second-order valence-electron chi connectivity index (χ2n) is 7.34. The second kappa shape index (κ2) is 8.47. The lowest BCUT2D eigenvalue weighted by atomic mass is 9.78. The van der Waals surface area contributed by atoms with Gasteiger partial charge in [0.25, 0.3) is 0 Å². The monoisotopic (exact) mass is 497 g/mol. The van der Waals surface area contributed by atoms with Crippen molar-refractivity contribution in [1.29, 1.82) is 0 Å². The summed E-state index contributed by atoms with van der Waals surface area (Å²) in [4.78, 5) is 26.7. The van der Waals surface area contributed by atoms with E-state index in [-0.39, 0.29) is 32.5 Å². The van der Waals surface area contributed by atoms with Gasteiger partial charge in [0.05, 0.1) is 7.11 Å². The fourth-order valence-electron chi connectivity index (χ4n) is 2.76. The van der Waals surface area contributed by atoms with E-state index in [0.29, 0.717) is 0 Å². The van der Waals surface area contributed by atoms with Gasteiger partial charge in [-0.25, -0.2) is 9.59 Å². The molecule has 0 aliphatic rings. The van der Waals surface area contributed by atoms with E-state index in [9.17, 15) is 22.5 Å². The summed E-state index contributed by atoms with van der Waals surface area (Å²) in [6, 6.07) is 1.20. The number of aromatic amines is 1. The Morgan fingerprint density at radius 2 is 1.93 bits per heavy atom. The fraction of sp³-hybridized carbons (Fsp3) is 0.412. The summed E-state index contributed by atoms with van der Waals surface area (Å²) in [6.45, 7) is -0.373. The molecule has 29 heavy (non-hydrogen) atoms. The van der Waals surface area contributed by atoms with Gasteiger partial charge in [0.1, 0.15) is 16.8 Å². The molecule has 6 nitrogen and oxygen atoms in total. The summed E-state index contributed by atoms with van der Waals surface area (Å²) in [6.07, 6.45) is -1.07. The van der Waals surface area contributed by atoms with E-state index in [2.05, 4.69) is 26.2 Å². The molecule has 1 atom stereocenters. The van der Waals surface area contributed by atoms with Crippen LogP contribution in [0.4, 0.5) is 17.7 Å². The molecule has 12 heteroatoms. The van der Waals surface area contributed by atoms with Crippen molar-refractivity contribution >= 4 is 62.9 Å². The van der Waals surface area contributed by atoms with E-state index in [0.717, 1.165) is 13.2 Å². The van der Waals surface area contributed by atoms with E-state index in [1.807, 2.05) is 0 Å². The van der Waals surface area contributed by atoms with Crippen molar-refractivity contribution in [2.45, 2.75) is 38.8 Å². The first-order valence-electron chi connectivity index (χ1n) is 8.49. The number of H-pyrrole nitrogens is 1. The molecule has 2 rings (SSSR count). The predicted octanol–water partition coefficient (Wildman–Crippen LogP) is 4.25. The number of benzene rings is 1. The molecule has 0 bridgehead atoms. The molecule has 0 aliphatic heterocycles.